The topological polar surface area (TPSA) is 40.6 Å². The van der Waals surface area contributed by atoms with Gasteiger partial charge in [0.25, 0.3) is 5.91 Å². The van der Waals surface area contributed by atoms with Gasteiger partial charge in [0, 0.05) is 32.6 Å². The van der Waals surface area contributed by atoms with Crippen molar-refractivity contribution < 1.29 is 14.0 Å². The molecular weight excluding hydrogens is 343 g/mol. The number of carbonyl (C=O) groups excluding carboxylic acids is 2. The first kappa shape index (κ1) is 21.5. The van der Waals surface area contributed by atoms with Crippen LogP contribution in [0.2, 0.25) is 0 Å². The predicted molar refractivity (Wildman–Crippen MR) is 106 cm³/mol. The van der Waals surface area contributed by atoms with E-state index in [9.17, 15) is 14.0 Å². The fourth-order valence-corrected chi connectivity index (χ4v) is 3.78. The smallest absolute Gasteiger partial charge is 0.289 e. The summed E-state index contributed by atoms with van der Waals surface area (Å²) in [7, 11) is 0. The van der Waals surface area contributed by atoms with Crippen LogP contribution < -0.4 is 0 Å². The Bertz CT molecular complexity index is 632. The van der Waals surface area contributed by atoms with E-state index in [1.54, 1.807) is 17.0 Å². The molecule has 0 aliphatic carbocycles. The second-order valence-corrected chi connectivity index (χ2v) is 8.05. The van der Waals surface area contributed by atoms with Crippen LogP contribution in [0.25, 0.3) is 0 Å². The number of piperidine rings is 1. The summed E-state index contributed by atoms with van der Waals surface area (Å²) in [5, 5.41) is 0. The Morgan fingerprint density at radius 3 is 2.78 bits per heavy atom. The van der Waals surface area contributed by atoms with Gasteiger partial charge in [-0.05, 0) is 62.3 Å². The molecule has 0 saturated carbocycles. The van der Waals surface area contributed by atoms with E-state index in [1.807, 2.05) is 26.8 Å². The van der Waals surface area contributed by atoms with Gasteiger partial charge in [0.1, 0.15) is 5.82 Å². The Hall–Kier alpha value is -1.75. The van der Waals surface area contributed by atoms with Gasteiger partial charge in [-0.15, -0.1) is 0 Å². The van der Waals surface area contributed by atoms with Gasteiger partial charge in [0.2, 0.25) is 5.78 Å². The van der Waals surface area contributed by atoms with Crippen molar-refractivity contribution in [2.24, 2.45) is 11.8 Å². The van der Waals surface area contributed by atoms with Gasteiger partial charge >= 0.3 is 0 Å². The minimum atomic E-state index is -0.330. The Labute approximate surface area is 162 Å². The molecule has 0 N–H and O–H groups in total. The summed E-state index contributed by atoms with van der Waals surface area (Å²) in [6.45, 7) is 9.93. The number of rotatable bonds is 9. The van der Waals surface area contributed by atoms with E-state index in [2.05, 4.69) is 4.90 Å². The molecule has 1 aliphatic rings. The van der Waals surface area contributed by atoms with Gasteiger partial charge in [-0.1, -0.05) is 26.0 Å². The first-order valence-electron chi connectivity index (χ1n) is 10.2. The number of carbonyl (C=O) groups is 2. The van der Waals surface area contributed by atoms with Crippen LogP contribution in [-0.4, -0.2) is 54.2 Å². The molecule has 1 saturated heterocycles. The van der Waals surface area contributed by atoms with Crippen LogP contribution >= 0.6 is 0 Å². The minimum Gasteiger partial charge on any atom is -0.336 e. The number of ketones is 1. The number of benzene rings is 1. The van der Waals surface area contributed by atoms with Crippen molar-refractivity contribution in [3.63, 3.8) is 0 Å². The molecular formula is C22H33FN2O2. The first-order chi connectivity index (χ1) is 12.9. The lowest BCUT2D eigenvalue weighted by molar-refractivity contribution is -0.145. The molecule has 1 fully saturated rings. The first-order valence-corrected chi connectivity index (χ1v) is 10.2. The highest BCUT2D eigenvalue weighted by Gasteiger charge is 2.26. The third-order valence-corrected chi connectivity index (χ3v) is 5.19. The molecule has 0 aromatic heterocycles. The maximum absolute atomic E-state index is 13.3. The summed E-state index contributed by atoms with van der Waals surface area (Å²) in [5.74, 6) is -0.198. The normalized spacial score (nSPS) is 17.9. The molecule has 1 heterocycles. The number of halogens is 1. The van der Waals surface area contributed by atoms with Crippen LogP contribution in [0.5, 0.6) is 0 Å². The molecule has 150 valence electrons. The van der Waals surface area contributed by atoms with Gasteiger partial charge in [-0.3, -0.25) is 9.59 Å². The standard InChI is InChI=1S/C22H33FN2O2/c1-4-25(22(27)21(26)13-17(2)3)16-19-8-6-11-24(15-19)12-10-18-7-5-9-20(23)14-18/h5,7,9,14,17,19H,4,6,8,10-13,15-16H2,1-3H3/t19-/m1/s1. The van der Waals surface area contributed by atoms with Crippen molar-refractivity contribution >= 4 is 11.7 Å². The number of likely N-dealkylation sites (tertiary alicyclic amines) is 1. The molecule has 27 heavy (non-hydrogen) atoms. The second kappa shape index (κ2) is 10.5. The highest BCUT2D eigenvalue weighted by molar-refractivity contribution is 6.36. The summed E-state index contributed by atoms with van der Waals surface area (Å²) in [6, 6.07) is 6.78. The van der Waals surface area contributed by atoms with E-state index in [4.69, 9.17) is 0 Å². The van der Waals surface area contributed by atoms with Gasteiger partial charge in [0.15, 0.2) is 0 Å². The summed E-state index contributed by atoms with van der Waals surface area (Å²) in [5.41, 5.74) is 1.02. The van der Waals surface area contributed by atoms with E-state index >= 15 is 0 Å². The Balaban J connectivity index is 1.85. The largest absolute Gasteiger partial charge is 0.336 e. The third-order valence-electron chi connectivity index (χ3n) is 5.19. The van der Waals surface area contributed by atoms with Crippen LogP contribution in [0.3, 0.4) is 0 Å². The van der Waals surface area contributed by atoms with E-state index in [0.717, 1.165) is 44.5 Å². The maximum atomic E-state index is 13.3. The molecule has 1 aliphatic heterocycles. The summed E-state index contributed by atoms with van der Waals surface area (Å²) in [6.07, 6.45) is 3.33. The molecule has 1 aromatic carbocycles. The van der Waals surface area contributed by atoms with E-state index < -0.39 is 0 Å². The quantitative estimate of drug-likeness (QED) is 0.619. The second-order valence-electron chi connectivity index (χ2n) is 8.05. The lowest BCUT2D eigenvalue weighted by atomic mass is 9.96. The molecule has 0 spiro atoms. The fraction of sp³-hybridized carbons (Fsp3) is 0.636. The molecule has 2 rings (SSSR count). The molecule has 4 nitrogen and oxygen atoms in total. The zero-order valence-corrected chi connectivity index (χ0v) is 16.9. The van der Waals surface area contributed by atoms with Crippen LogP contribution in [-0.2, 0) is 16.0 Å². The third kappa shape index (κ3) is 7.06. The van der Waals surface area contributed by atoms with Crippen molar-refractivity contribution in [1.82, 2.24) is 9.80 Å². The van der Waals surface area contributed by atoms with E-state index in [-0.39, 0.29) is 23.4 Å². The SMILES string of the molecule is CCN(C[C@@H]1CCCN(CCc2cccc(F)c2)C1)C(=O)C(=O)CC(C)C. The summed E-state index contributed by atoms with van der Waals surface area (Å²) >= 11 is 0. The minimum absolute atomic E-state index is 0.188. The Morgan fingerprint density at radius 1 is 1.33 bits per heavy atom. The lowest BCUT2D eigenvalue weighted by Crippen LogP contribution is -2.45. The maximum Gasteiger partial charge on any atom is 0.289 e. The number of nitrogens with zero attached hydrogens (tertiary/aromatic N) is 2. The fourth-order valence-electron chi connectivity index (χ4n) is 3.78. The number of hydrogen-bond acceptors (Lipinski definition) is 3. The number of hydrogen-bond donors (Lipinski definition) is 0. The zero-order chi connectivity index (χ0) is 19.8. The zero-order valence-electron chi connectivity index (χ0n) is 16.9. The van der Waals surface area contributed by atoms with Crippen molar-refractivity contribution in [3.8, 4) is 0 Å². The molecule has 0 bridgehead atoms. The Morgan fingerprint density at radius 2 is 2.11 bits per heavy atom. The van der Waals surface area contributed by atoms with Crippen LogP contribution in [0.4, 0.5) is 4.39 Å². The van der Waals surface area contributed by atoms with Crippen LogP contribution in [0, 0.1) is 17.7 Å². The highest BCUT2D eigenvalue weighted by atomic mass is 19.1. The average Bonchev–Trinajstić information content (AvgIpc) is 2.64. The van der Waals surface area contributed by atoms with Gasteiger partial charge in [0.05, 0.1) is 0 Å². The number of likely N-dealkylation sites (N-methyl/N-ethyl adjacent to an activating group) is 1. The monoisotopic (exact) mass is 376 g/mol. The molecule has 1 amide bonds. The lowest BCUT2D eigenvalue weighted by Gasteiger charge is -2.35. The molecule has 1 atom stereocenters. The number of Topliss-reactive ketones (excluding diaryl/α,β-unsaturated/α-hetero) is 1. The van der Waals surface area contributed by atoms with Crippen molar-refractivity contribution in [2.75, 3.05) is 32.7 Å². The van der Waals surface area contributed by atoms with E-state index in [1.165, 1.54) is 6.07 Å². The summed E-state index contributed by atoms with van der Waals surface area (Å²) < 4.78 is 13.3. The van der Waals surface area contributed by atoms with Crippen LogP contribution in [0.1, 0.15) is 45.6 Å². The molecule has 5 heteroatoms. The van der Waals surface area contributed by atoms with Crippen molar-refractivity contribution in [3.05, 3.63) is 35.6 Å². The molecule has 0 radical (unpaired) electrons. The van der Waals surface area contributed by atoms with Gasteiger partial charge < -0.3 is 9.80 Å². The molecule has 0 unspecified atom stereocenters. The van der Waals surface area contributed by atoms with E-state index in [0.29, 0.717) is 25.4 Å². The van der Waals surface area contributed by atoms with Crippen molar-refractivity contribution in [1.29, 1.82) is 0 Å². The average molecular weight is 377 g/mol. The Kier molecular flexibility index (Phi) is 8.42. The van der Waals surface area contributed by atoms with Gasteiger partial charge in [-0.25, -0.2) is 4.39 Å². The van der Waals surface area contributed by atoms with Crippen LogP contribution in [0.15, 0.2) is 24.3 Å². The van der Waals surface area contributed by atoms with Gasteiger partial charge in [-0.2, -0.15) is 0 Å². The summed E-state index contributed by atoms with van der Waals surface area (Å²) in [4.78, 5) is 28.7. The molecule has 1 aromatic rings. The number of amides is 1. The van der Waals surface area contributed by atoms with Crippen molar-refractivity contribution in [2.45, 2.75) is 46.5 Å². The highest BCUT2D eigenvalue weighted by Crippen LogP contribution is 2.19. The predicted octanol–water partition coefficient (Wildman–Crippen LogP) is 3.54.